The van der Waals surface area contributed by atoms with Crippen LogP contribution >= 0.6 is 11.6 Å². The number of nitrogens with zero attached hydrogens (tertiary/aromatic N) is 6. The molecule has 0 unspecified atom stereocenters. The number of imidazole rings is 1. The van der Waals surface area contributed by atoms with Crippen LogP contribution in [0.2, 0.25) is 5.28 Å². The summed E-state index contributed by atoms with van der Waals surface area (Å²) in [6.07, 6.45) is 8.68. The predicted octanol–water partition coefficient (Wildman–Crippen LogP) is 1.61. The van der Waals surface area contributed by atoms with Crippen molar-refractivity contribution in [1.29, 1.82) is 0 Å². The van der Waals surface area contributed by atoms with Crippen molar-refractivity contribution < 1.29 is 0 Å². The lowest BCUT2D eigenvalue weighted by Gasteiger charge is -2.47. The Morgan fingerprint density at radius 1 is 1.33 bits per heavy atom. The van der Waals surface area contributed by atoms with Gasteiger partial charge in [0.25, 0.3) is 0 Å². The van der Waals surface area contributed by atoms with Crippen molar-refractivity contribution >= 4 is 17.5 Å². The van der Waals surface area contributed by atoms with Gasteiger partial charge < -0.3 is 10.2 Å². The van der Waals surface area contributed by atoms with Gasteiger partial charge in [-0.1, -0.05) is 0 Å². The summed E-state index contributed by atoms with van der Waals surface area (Å²) < 4.78 is 1.70. The minimum absolute atomic E-state index is 0.170. The van der Waals surface area contributed by atoms with Gasteiger partial charge in [0.2, 0.25) is 17.2 Å². The van der Waals surface area contributed by atoms with Crippen molar-refractivity contribution in [3.05, 3.63) is 24.0 Å². The standard InChI is InChI=1S/C13H18ClN7/c1-20(2)13(4-3-5-13)8-16-11-17-10(14)18-12(19-11)21-7-6-15-9-21/h6-7,9H,3-5,8H2,1-2H3,(H,16,17,18,19). The zero-order valence-corrected chi connectivity index (χ0v) is 12.9. The maximum absolute atomic E-state index is 5.98. The van der Waals surface area contributed by atoms with Crippen LogP contribution in [0.25, 0.3) is 5.95 Å². The monoisotopic (exact) mass is 307 g/mol. The van der Waals surface area contributed by atoms with Crippen molar-refractivity contribution in [3.8, 4) is 5.95 Å². The third kappa shape index (κ3) is 2.84. The number of likely N-dealkylation sites (N-methyl/N-ethyl adjacent to an activating group) is 1. The van der Waals surface area contributed by atoms with E-state index >= 15 is 0 Å². The maximum Gasteiger partial charge on any atom is 0.241 e. The normalized spacial score (nSPS) is 16.8. The van der Waals surface area contributed by atoms with E-state index in [1.54, 1.807) is 23.3 Å². The van der Waals surface area contributed by atoms with E-state index in [-0.39, 0.29) is 10.8 Å². The summed E-state index contributed by atoms with van der Waals surface area (Å²) in [5.74, 6) is 0.953. The number of hydrogen-bond acceptors (Lipinski definition) is 6. The fourth-order valence-electron chi connectivity index (χ4n) is 2.52. The number of nitrogens with one attached hydrogen (secondary N) is 1. The summed E-state index contributed by atoms with van der Waals surface area (Å²) in [5, 5.41) is 3.46. The molecule has 0 atom stereocenters. The van der Waals surface area contributed by atoms with Gasteiger partial charge in [-0.25, -0.2) is 4.98 Å². The summed E-state index contributed by atoms with van der Waals surface area (Å²) in [6.45, 7) is 0.795. The van der Waals surface area contributed by atoms with E-state index in [0.717, 1.165) is 6.54 Å². The highest BCUT2D eigenvalue weighted by atomic mass is 35.5. The van der Waals surface area contributed by atoms with Crippen LogP contribution in [0.15, 0.2) is 18.7 Å². The molecule has 0 aliphatic heterocycles. The van der Waals surface area contributed by atoms with E-state index < -0.39 is 0 Å². The fourth-order valence-corrected chi connectivity index (χ4v) is 2.68. The van der Waals surface area contributed by atoms with Crippen molar-refractivity contribution in [2.24, 2.45) is 0 Å². The molecule has 2 aromatic rings. The summed E-state index contributed by atoms with van der Waals surface area (Å²) in [6, 6.07) is 0. The molecule has 1 aliphatic rings. The van der Waals surface area contributed by atoms with Crippen molar-refractivity contribution in [1.82, 2.24) is 29.4 Å². The third-order valence-corrected chi connectivity index (χ3v) is 4.31. The first-order chi connectivity index (χ1) is 10.1. The first kappa shape index (κ1) is 14.2. The average molecular weight is 308 g/mol. The first-order valence-corrected chi connectivity index (χ1v) is 7.28. The second-order valence-electron chi connectivity index (χ2n) is 5.52. The molecule has 21 heavy (non-hydrogen) atoms. The number of hydrogen-bond donors (Lipinski definition) is 1. The Kier molecular flexibility index (Phi) is 3.77. The Morgan fingerprint density at radius 3 is 2.71 bits per heavy atom. The van der Waals surface area contributed by atoms with E-state index in [1.807, 2.05) is 0 Å². The van der Waals surface area contributed by atoms with E-state index in [0.29, 0.717) is 11.9 Å². The smallest absolute Gasteiger partial charge is 0.241 e. The van der Waals surface area contributed by atoms with Gasteiger partial charge in [-0.15, -0.1) is 0 Å². The third-order valence-electron chi connectivity index (χ3n) is 4.14. The van der Waals surface area contributed by atoms with Gasteiger partial charge in [0.15, 0.2) is 0 Å². The molecule has 1 aliphatic carbocycles. The molecule has 1 saturated carbocycles. The quantitative estimate of drug-likeness (QED) is 0.905. The highest BCUT2D eigenvalue weighted by Gasteiger charge is 2.38. The number of anilines is 1. The SMILES string of the molecule is CN(C)C1(CNc2nc(Cl)nc(-n3ccnc3)n2)CCC1. The molecule has 1 N–H and O–H groups in total. The Balaban J connectivity index is 1.77. The van der Waals surface area contributed by atoms with Crippen LogP contribution in [0.3, 0.4) is 0 Å². The first-order valence-electron chi connectivity index (χ1n) is 6.90. The molecule has 0 bridgehead atoms. The van der Waals surface area contributed by atoms with Crippen LogP contribution in [0.4, 0.5) is 5.95 Å². The van der Waals surface area contributed by atoms with Gasteiger partial charge in [0.1, 0.15) is 6.33 Å². The number of aromatic nitrogens is 5. The van der Waals surface area contributed by atoms with Crippen LogP contribution in [0.5, 0.6) is 0 Å². The van der Waals surface area contributed by atoms with E-state index in [9.17, 15) is 0 Å². The minimum atomic E-state index is 0.170. The molecule has 0 aromatic carbocycles. The van der Waals surface area contributed by atoms with Gasteiger partial charge in [0, 0.05) is 24.5 Å². The topological polar surface area (TPSA) is 71.8 Å². The molecular weight excluding hydrogens is 290 g/mol. The molecule has 0 radical (unpaired) electrons. The van der Waals surface area contributed by atoms with Gasteiger partial charge in [-0.2, -0.15) is 15.0 Å². The molecule has 7 nitrogen and oxygen atoms in total. The Hall–Kier alpha value is -1.73. The molecule has 3 rings (SSSR count). The van der Waals surface area contributed by atoms with Crippen molar-refractivity contribution in [2.75, 3.05) is 26.0 Å². The summed E-state index contributed by atoms with van der Waals surface area (Å²) in [7, 11) is 4.22. The van der Waals surface area contributed by atoms with Gasteiger partial charge in [-0.05, 0) is 45.0 Å². The predicted molar refractivity (Wildman–Crippen MR) is 80.7 cm³/mol. The van der Waals surface area contributed by atoms with Crippen LogP contribution in [-0.4, -0.2) is 55.6 Å². The summed E-state index contributed by atoms with van der Waals surface area (Å²) in [5.41, 5.74) is 0.189. The van der Waals surface area contributed by atoms with Crippen molar-refractivity contribution in [2.45, 2.75) is 24.8 Å². The maximum atomic E-state index is 5.98. The van der Waals surface area contributed by atoms with Crippen molar-refractivity contribution in [3.63, 3.8) is 0 Å². The second kappa shape index (κ2) is 5.57. The fraction of sp³-hybridized carbons (Fsp3) is 0.538. The molecular formula is C13H18ClN7. The molecule has 8 heteroatoms. The minimum Gasteiger partial charge on any atom is -0.352 e. The molecule has 0 amide bonds. The Morgan fingerprint density at radius 2 is 2.14 bits per heavy atom. The number of rotatable bonds is 5. The lowest BCUT2D eigenvalue weighted by atomic mass is 9.75. The Bertz CT molecular complexity index is 607. The Labute approximate surface area is 128 Å². The van der Waals surface area contributed by atoms with Crippen LogP contribution in [0, 0.1) is 0 Å². The number of halogens is 1. The molecule has 2 aromatic heterocycles. The van der Waals surface area contributed by atoms with E-state index in [4.69, 9.17) is 11.6 Å². The molecule has 0 spiro atoms. The van der Waals surface area contributed by atoms with Gasteiger partial charge in [-0.3, -0.25) is 4.57 Å². The van der Waals surface area contributed by atoms with Gasteiger partial charge >= 0.3 is 0 Å². The zero-order valence-electron chi connectivity index (χ0n) is 12.1. The molecule has 1 fully saturated rings. The summed E-state index contributed by atoms with van der Waals surface area (Å²) >= 11 is 5.98. The lowest BCUT2D eigenvalue weighted by Crippen LogP contribution is -2.54. The largest absolute Gasteiger partial charge is 0.352 e. The second-order valence-corrected chi connectivity index (χ2v) is 5.86. The van der Waals surface area contributed by atoms with E-state index in [2.05, 4.69) is 44.2 Å². The van der Waals surface area contributed by atoms with E-state index in [1.165, 1.54) is 19.3 Å². The van der Waals surface area contributed by atoms with Crippen LogP contribution in [0.1, 0.15) is 19.3 Å². The molecule has 2 heterocycles. The highest BCUT2D eigenvalue weighted by Crippen LogP contribution is 2.36. The van der Waals surface area contributed by atoms with Crippen LogP contribution in [-0.2, 0) is 0 Å². The average Bonchev–Trinajstić information content (AvgIpc) is 2.90. The lowest BCUT2D eigenvalue weighted by molar-refractivity contribution is 0.0737. The van der Waals surface area contributed by atoms with Gasteiger partial charge in [0.05, 0.1) is 0 Å². The highest BCUT2D eigenvalue weighted by molar-refractivity contribution is 6.28. The van der Waals surface area contributed by atoms with Crippen LogP contribution < -0.4 is 5.32 Å². The zero-order chi connectivity index (χ0) is 14.9. The molecule has 112 valence electrons. The summed E-state index contributed by atoms with van der Waals surface area (Å²) in [4.78, 5) is 18.9. The molecule has 0 saturated heterocycles.